The van der Waals surface area contributed by atoms with Crippen LogP contribution in [0.15, 0.2) is 47.4 Å². The van der Waals surface area contributed by atoms with Crippen molar-refractivity contribution in [2.75, 3.05) is 16.2 Å². The van der Waals surface area contributed by atoms with Crippen LogP contribution in [0.1, 0.15) is 38.9 Å². The van der Waals surface area contributed by atoms with Crippen LogP contribution in [0.25, 0.3) is 0 Å². The number of alkyl halides is 3. The number of nitrogens with one attached hydrogen (secondary N) is 1. The van der Waals surface area contributed by atoms with Crippen molar-refractivity contribution in [1.82, 2.24) is 0 Å². The number of benzene rings is 3. The molecular formula is C24H26F3N3O2S. The number of halogens is 3. The van der Waals surface area contributed by atoms with Gasteiger partial charge in [0.15, 0.2) is 0 Å². The maximum Gasteiger partial charge on any atom is 0.416 e. The van der Waals surface area contributed by atoms with Gasteiger partial charge in [0, 0.05) is 17.1 Å². The quantitative estimate of drug-likeness (QED) is 0.423. The molecule has 3 aromatic carbocycles. The molecule has 5 N–H and O–H groups in total. The summed E-state index contributed by atoms with van der Waals surface area (Å²) < 4.78 is 67.6. The van der Waals surface area contributed by atoms with Crippen molar-refractivity contribution in [3.63, 3.8) is 0 Å². The minimum Gasteiger partial charge on any atom is -0.398 e. The largest absolute Gasteiger partial charge is 0.416 e. The highest BCUT2D eigenvalue weighted by Gasteiger charge is 2.30. The molecule has 0 radical (unpaired) electrons. The van der Waals surface area contributed by atoms with E-state index in [2.05, 4.69) is 4.72 Å². The highest BCUT2D eigenvalue weighted by Crippen LogP contribution is 2.33. The summed E-state index contributed by atoms with van der Waals surface area (Å²) in [6.45, 7) is 7.18. The molecule has 0 fully saturated rings. The van der Waals surface area contributed by atoms with Gasteiger partial charge in [0.2, 0.25) is 0 Å². The van der Waals surface area contributed by atoms with Crippen LogP contribution in [-0.4, -0.2) is 8.42 Å². The molecule has 5 nitrogen and oxygen atoms in total. The first-order valence-corrected chi connectivity index (χ1v) is 11.6. The first-order chi connectivity index (χ1) is 15.2. The van der Waals surface area contributed by atoms with Gasteiger partial charge in [0.05, 0.1) is 10.5 Å². The fraction of sp³-hybridized carbons (Fsp3) is 0.250. The predicted molar refractivity (Wildman–Crippen MR) is 126 cm³/mol. The van der Waals surface area contributed by atoms with Gasteiger partial charge in [0.1, 0.15) is 0 Å². The number of rotatable bonds is 5. The van der Waals surface area contributed by atoms with Crippen molar-refractivity contribution in [2.45, 2.75) is 45.2 Å². The summed E-state index contributed by atoms with van der Waals surface area (Å²) in [5, 5.41) is 0. The van der Waals surface area contributed by atoms with E-state index in [0.717, 1.165) is 46.5 Å². The number of hydrogen-bond donors (Lipinski definition) is 3. The Labute approximate surface area is 191 Å². The normalized spacial score (nSPS) is 12.1. The first-order valence-electron chi connectivity index (χ1n) is 10.1. The van der Waals surface area contributed by atoms with Gasteiger partial charge < -0.3 is 11.5 Å². The number of hydrogen-bond acceptors (Lipinski definition) is 4. The first kappa shape index (κ1) is 24.4. The second-order valence-corrected chi connectivity index (χ2v) is 9.84. The molecule has 0 aliphatic carbocycles. The Morgan fingerprint density at radius 1 is 0.848 bits per heavy atom. The molecule has 0 aliphatic rings. The van der Waals surface area contributed by atoms with Crippen molar-refractivity contribution >= 4 is 27.1 Å². The Kier molecular flexibility index (Phi) is 6.39. The molecular weight excluding hydrogens is 451 g/mol. The third kappa shape index (κ3) is 5.08. The van der Waals surface area contributed by atoms with Crippen LogP contribution in [0.4, 0.5) is 30.2 Å². The van der Waals surface area contributed by atoms with Crippen LogP contribution >= 0.6 is 0 Å². The van der Waals surface area contributed by atoms with E-state index in [1.165, 1.54) is 0 Å². The van der Waals surface area contributed by atoms with Crippen LogP contribution < -0.4 is 16.2 Å². The molecule has 9 heteroatoms. The second kappa shape index (κ2) is 8.62. The second-order valence-electron chi connectivity index (χ2n) is 8.22. The van der Waals surface area contributed by atoms with Gasteiger partial charge >= 0.3 is 6.18 Å². The van der Waals surface area contributed by atoms with E-state index in [9.17, 15) is 21.6 Å². The number of aryl methyl sites for hydroxylation is 3. The monoisotopic (exact) mass is 477 g/mol. The summed E-state index contributed by atoms with van der Waals surface area (Å²) in [5.74, 6) is 0. The van der Waals surface area contributed by atoms with Gasteiger partial charge in [-0.2, -0.15) is 13.2 Å². The predicted octanol–water partition coefficient (Wildman–Crippen LogP) is 5.50. The van der Waals surface area contributed by atoms with Crippen LogP contribution in [-0.2, 0) is 22.6 Å². The molecule has 3 rings (SSSR count). The van der Waals surface area contributed by atoms with E-state index in [0.29, 0.717) is 28.9 Å². The van der Waals surface area contributed by atoms with E-state index in [1.807, 2.05) is 26.0 Å². The summed E-state index contributed by atoms with van der Waals surface area (Å²) >= 11 is 0. The molecule has 0 saturated carbocycles. The van der Waals surface area contributed by atoms with E-state index in [-0.39, 0.29) is 10.6 Å². The lowest BCUT2D eigenvalue weighted by Gasteiger charge is -2.19. The van der Waals surface area contributed by atoms with Gasteiger partial charge in [-0.3, -0.25) is 4.72 Å². The molecule has 3 aromatic rings. The number of sulfonamides is 1. The number of nitrogens with two attached hydrogens (primary N) is 2. The Balaban J connectivity index is 2.06. The van der Waals surface area contributed by atoms with Gasteiger partial charge in [0.25, 0.3) is 10.0 Å². The van der Waals surface area contributed by atoms with Crippen molar-refractivity contribution in [2.24, 2.45) is 0 Å². The summed E-state index contributed by atoms with van der Waals surface area (Å²) in [7, 11) is -4.15. The molecule has 33 heavy (non-hydrogen) atoms. The third-order valence-electron chi connectivity index (χ3n) is 5.63. The zero-order valence-corrected chi connectivity index (χ0v) is 19.6. The minimum absolute atomic E-state index is 0.0117. The summed E-state index contributed by atoms with van der Waals surface area (Å²) in [5.41, 5.74) is 16.7. The fourth-order valence-corrected chi connectivity index (χ4v) is 5.43. The molecule has 0 saturated heterocycles. The van der Waals surface area contributed by atoms with Gasteiger partial charge in [-0.15, -0.1) is 0 Å². The van der Waals surface area contributed by atoms with Crippen molar-refractivity contribution in [1.29, 1.82) is 0 Å². The average Bonchev–Trinajstić information content (AvgIpc) is 2.69. The molecule has 0 aliphatic heterocycles. The molecule has 0 spiro atoms. The number of anilines is 3. The lowest BCUT2D eigenvalue weighted by Crippen LogP contribution is -2.18. The van der Waals surface area contributed by atoms with E-state index >= 15 is 0 Å². The van der Waals surface area contributed by atoms with E-state index in [4.69, 9.17) is 11.5 Å². The molecule has 0 heterocycles. The molecule has 0 atom stereocenters. The fourth-order valence-electron chi connectivity index (χ4n) is 3.89. The van der Waals surface area contributed by atoms with Crippen molar-refractivity contribution < 1.29 is 21.6 Å². The van der Waals surface area contributed by atoms with Crippen LogP contribution in [0.3, 0.4) is 0 Å². The molecule has 0 amide bonds. The topological polar surface area (TPSA) is 98.2 Å². The Morgan fingerprint density at radius 2 is 1.36 bits per heavy atom. The lowest BCUT2D eigenvalue weighted by atomic mass is 9.96. The molecule has 0 unspecified atom stereocenters. The molecule has 0 bridgehead atoms. The van der Waals surface area contributed by atoms with Gasteiger partial charge in [-0.05, 0) is 91.8 Å². The molecule has 176 valence electrons. The maximum atomic E-state index is 13.4. The van der Waals surface area contributed by atoms with Crippen molar-refractivity contribution in [3.05, 3.63) is 81.4 Å². The van der Waals surface area contributed by atoms with Crippen molar-refractivity contribution in [3.8, 4) is 0 Å². The Morgan fingerprint density at radius 3 is 1.88 bits per heavy atom. The highest BCUT2D eigenvalue weighted by atomic mass is 32.2. The zero-order valence-electron chi connectivity index (χ0n) is 18.8. The average molecular weight is 478 g/mol. The number of nitrogen functional groups attached to an aromatic ring is 2. The summed E-state index contributed by atoms with van der Waals surface area (Å²) in [4.78, 5) is 0.0117. The third-order valence-corrected chi connectivity index (χ3v) is 7.24. The Bertz CT molecular complexity index is 1290. The van der Waals surface area contributed by atoms with E-state index in [1.54, 1.807) is 19.9 Å². The standard InChI is InChI=1S/C24H26F3N3O2S/c1-13-9-17(10-14(2)21(13)28)12-18-11-15(3)22(29)16(4)23(18)33(31,32)30-20-7-5-19(6-8-20)24(25,26)27/h5-11,30H,12,28-29H2,1-4H3. The highest BCUT2D eigenvalue weighted by molar-refractivity contribution is 7.92. The molecule has 0 aromatic heterocycles. The lowest BCUT2D eigenvalue weighted by molar-refractivity contribution is -0.137. The SMILES string of the molecule is Cc1cc(Cc2cc(C)c(N)c(C)c2S(=O)(=O)Nc2ccc(C(F)(F)F)cc2)cc(C)c1N. The maximum absolute atomic E-state index is 13.4. The van der Waals surface area contributed by atoms with Crippen LogP contribution in [0, 0.1) is 27.7 Å². The van der Waals surface area contributed by atoms with E-state index < -0.39 is 21.8 Å². The van der Waals surface area contributed by atoms with Gasteiger partial charge in [-0.25, -0.2) is 8.42 Å². The smallest absolute Gasteiger partial charge is 0.398 e. The zero-order chi connectivity index (χ0) is 24.7. The van der Waals surface area contributed by atoms with Crippen LogP contribution in [0.2, 0.25) is 0 Å². The summed E-state index contributed by atoms with van der Waals surface area (Å²) in [6, 6.07) is 9.36. The summed E-state index contributed by atoms with van der Waals surface area (Å²) in [6.07, 6.45) is -4.20. The van der Waals surface area contributed by atoms with Gasteiger partial charge in [-0.1, -0.05) is 18.2 Å². The Hall–Kier alpha value is -3.20. The minimum atomic E-state index is -4.51. The van der Waals surface area contributed by atoms with Crippen LogP contribution in [0.5, 0.6) is 0 Å².